The molecular weight excluding hydrogens is 354 g/mol. The molecule has 0 saturated heterocycles. The van der Waals surface area contributed by atoms with Crippen LogP contribution in [0.4, 0.5) is 0 Å². The van der Waals surface area contributed by atoms with Gasteiger partial charge in [-0.25, -0.2) is 4.98 Å². The second kappa shape index (κ2) is 8.49. The van der Waals surface area contributed by atoms with Gasteiger partial charge in [-0.15, -0.1) is 0 Å². The van der Waals surface area contributed by atoms with Crippen LogP contribution in [-0.2, 0) is 0 Å². The molecule has 144 valence electrons. The third kappa shape index (κ3) is 3.94. The predicted octanol–water partition coefficient (Wildman–Crippen LogP) is 4.74. The maximum atomic E-state index is 9.68. The van der Waals surface area contributed by atoms with E-state index in [1.165, 1.54) is 0 Å². The Hall–Kier alpha value is -3.46. The van der Waals surface area contributed by atoms with Crippen molar-refractivity contribution in [3.8, 4) is 23.3 Å². The number of fused-ring (bicyclic) bond motifs is 1. The maximum absolute atomic E-state index is 9.68. The van der Waals surface area contributed by atoms with E-state index >= 15 is 0 Å². The number of methoxy groups -OCH3 is 2. The summed E-state index contributed by atoms with van der Waals surface area (Å²) in [5.41, 5.74) is 4.02. The molecule has 0 amide bonds. The number of hydrogen-bond donors (Lipinski definition) is 1. The number of nitrogens with zero attached hydrogens (tertiary/aromatic N) is 2. The third-order valence-electron chi connectivity index (χ3n) is 4.26. The maximum Gasteiger partial charge on any atom is 0.203 e. The van der Waals surface area contributed by atoms with Gasteiger partial charge in [0.2, 0.25) is 5.75 Å². The van der Waals surface area contributed by atoms with E-state index in [2.05, 4.69) is 16.0 Å². The topological polar surface area (TPSA) is 80.2 Å². The van der Waals surface area contributed by atoms with Gasteiger partial charge in [-0.2, -0.15) is 5.26 Å². The number of ether oxygens (including phenoxy) is 3. The molecule has 0 bridgehead atoms. The molecule has 0 radical (unpaired) electrons. The van der Waals surface area contributed by atoms with Gasteiger partial charge in [-0.3, -0.25) is 0 Å². The minimum Gasteiger partial charge on any atom is -0.493 e. The molecule has 28 heavy (non-hydrogen) atoms. The van der Waals surface area contributed by atoms with Gasteiger partial charge in [0.25, 0.3) is 0 Å². The zero-order chi connectivity index (χ0) is 20.1. The Morgan fingerprint density at radius 2 is 1.89 bits per heavy atom. The van der Waals surface area contributed by atoms with Gasteiger partial charge in [0, 0.05) is 0 Å². The normalized spacial score (nSPS) is 11.3. The SMILES string of the molecule is CCCOc1c(OC)cc(/C=C(/C#N)c2nc3ccc(C)cc3[nH]2)cc1OC. The summed E-state index contributed by atoms with van der Waals surface area (Å²) in [6, 6.07) is 11.8. The Bertz CT molecular complexity index is 1040. The highest BCUT2D eigenvalue weighted by Crippen LogP contribution is 2.39. The number of aryl methyl sites for hydroxylation is 1. The number of benzene rings is 2. The molecule has 6 nitrogen and oxygen atoms in total. The monoisotopic (exact) mass is 377 g/mol. The quantitative estimate of drug-likeness (QED) is 0.602. The molecule has 0 unspecified atom stereocenters. The standard InChI is InChI=1S/C22H23N3O3/c1-5-8-28-21-19(26-3)11-15(12-20(21)27-4)10-16(13-23)22-24-17-7-6-14(2)9-18(17)25-22/h6-7,9-12H,5,8H2,1-4H3,(H,24,25)/b16-10-. The van der Waals surface area contributed by atoms with E-state index in [0.717, 1.165) is 28.6 Å². The van der Waals surface area contributed by atoms with Gasteiger partial charge >= 0.3 is 0 Å². The molecule has 0 aliphatic rings. The van der Waals surface area contributed by atoms with Crippen molar-refractivity contribution in [2.24, 2.45) is 0 Å². The number of hydrogen-bond acceptors (Lipinski definition) is 5. The van der Waals surface area contributed by atoms with Crippen LogP contribution in [0.5, 0.6) is 17.2 Å². The fourth-order valence-corrected chi connectivity index (χ4v) is 2.90. The molecule has 1 aromatic heterocycles. The second-order valence-electron chi connectivity index (χ2n) is 6.38. The van der Waals surface area contributed by atoms with Crippen LogP contribution in [-0.4, -0.2) is 30.8 Å². The van der Waals surface area contributed by atoms with Gasteiger partial charge in [0.05, 0.1) is 37.4 Å². The molecule has 0 aliphatic heterocycles. The summed E-state index contributed by atoms with van der Waals surface area (Å²) in [5, 5.41) is 9.68. The fourth-order valence-electron chi connectivity index (χ4n) is 2.90. The Morgan fingerprint density at radius 3 is 2.50 bits per heavy atom. The van der Waals surface area contributed by atoms with E-state index in [4.69, 9.17) is 14.2 Å². The Labute approximate surface area is 164 Å². The Kier molecular flexibility index (Phi) is 5.85. The molecule has 0 fully saturated rings. The number of rotatable bonds is 7. The lowest BCUT2D eigenvalue weighted by atomic mass is 10.1. The van der Waals surface area contributed by atoms with Crippen molar-refractivity contribution in [1.82, 2.24) is 9.97 Å². The van der Waals surface area contributed by atoms with Crippen LogP contribution in [0.1, 0.15) is 30.3 Å². The summed E-state index contributed by atoms with van der Waals surface area (Å²) in [5.74, 6) is 2.18. The number of aromatic nitrogens is 2. The average molecular weight is 377 g/mol. The van der Waals surface area contributed by atoms with Crippen LogP contribution in [0.15, 0.2) is 30.3 Å². The summed E-state index contributed by atoms with van der Waals surface area (Å²) in [6.45, 7) is 4.61. The first-order valence-electron chi connectivity index (χ1n) is 9.07. The third-order valence-corrected chi connectivity index (χ3v) is 4.26. The van der Waals surface area contributed by atoms with Gasteiger partial charge in [0.1, 0.15) is 11.9 Å². The Balaban J connectivity index is 2.05. The number of nitriles is 1. The summed E-state index contributed by atoms with van der Waals surface area (Å²) in [7, 11) is 3.15. The van der Waals surface area contributed by atoms with Crippen molar-refractivity contribution in [2.45, 2.75) is 20.3 Å². The number of H-pyrrole nitrogens is 1. The van der Waals surface area contributed by atoms with Gasteiger partial charge in [-0.1, -0.05) is 13.0 Å². The van der Waals surface area contributed by atoms with Gasteiger partial charge < -0.3 is 19.2 Å². The number of allylic oxidation sites excluding steroid dienone is 1. The molecule has 0 atom stereocenters. The smallest absolute Gasteiger partial charge is 0.203 e. The minimum absolute atomic E-state index is 0.417. The first-order valence-corrected chi connectivity index (χ1v) is 9.07. The zero-order valence-electron chi connectivity index (χ0n) is 16.5. The van der Waals surface area contributed by atoms with Crippen molar-refractivity contribution in [2.75, 3.05) is 20.8 Å². The summed E-state index contributed by atoms with van der Waals surface area (Å²) < 4.78 is 16.7. The molecule has 2 aromatic carbocycles. The van der Waals surface area contributed by atoms with Crippen LogP contribution in [0.25, 0.3) is 22.7 Å². The lowest BCUT2D eigenvalue weighted by molar-refractivity contribution is 0.275. The molecule has 1 heterocycles. The lowest BCUT2D eigenvalue weighted by Gasteiger charge is -2.15. The second-order valence-corrected chi connectivity index (χ2v) is 6.38. The molecule has 0 aliphatic carbocycles. The molecule has 0 saturated carbocycles. The van der Waals surface area contributed by atoms with Crippen molar-refractivity contribution >= 4 is 22.7 Å². The van der Waals surface area contributed by atoms with Crippen molar-refractivity contribution < 1.29 is 14.2 Å². The first-order chi connectivity index (χ1) is 13.6. The van der Waals surface area contributed by atoms with Crippen LogP contribution in [0.2, 0.25) is 0 Å². The number of imidazole rings is 1. The summed E-state index contributed by atoms with van der Waals surface area (Å²) >= 11 is 0. The molecule has 0 spiro atoms. The van der Waals surface area contributed by atoms with E-state index in [1.54, 1.807) is 20.3 Å². The number of nitrogens with one attached hydrogen (secondary N) is 1. The van der Waals surface area contributed by atoms with Gasteiger partial charge in [0.15, 0.2) is 11.5 Å². The van der Waals surface area contributed by atoms with Crippen LogP contribution in [0, 0.1) is 18.3 Å². The van der Waals surface area contributed by atoms with E-state index in [1.807, 2.05) is 44.2 Å². The van der Waals surface area contributed by atoms with Crippen molar-refractivity contribution in [3.63, 3.8) is 0 Å². The van der Waals surface area contributed by atoms with E-state index < -0.39 is 0 Å². The summed E-state index contributed by atoms with van der Waals surface area (Å²) in [6.07, 6.45) is 2.62. The first kappa shape index (κ1) is 19.3. The zero-order valence-corrected chi connectivity index (χ0v) is 16.5. The largest absolute Gasteiger partial charge is 0.493 e. The van der Waals surface area contributed by atoms with Crippen LogP contribution < -0.4 is 14.2 Å². The average Bonchev–Trinajstić information content (AvgIpc) is 3.12. The lowest BCUT2D eigenvalue weighted by Crippen LogP contribution is -2.01. The number of aromatic amines is 1. The van der Waals surface area contributed by atoms with E-state index in [9.17, 15) is 5.26 Å². The minimum atomic E-state index is 0.417. The predicted molar refractivity (Wildman–Crippen MR) is 110 cm³/mol. The van der Waals surface area contributed by atoms with E-state index in [0.29, 0.717) is 35.3 Å². The van der Waals surface area contributed by atoms with Crippen molar-refractivity contribution in [1.29, 1.82) is 5.26 Å². The highest BCUT2D eigenvalue weighted by Gasteiger charge is 2.15. The van der Waals surface area contributed by atoms with Crippen LogP contribution >= 0.6 is 0 Å². The van der Waals surface area contributed by atoms with Gasteiger partial charge in [-0.05, 0) is 54.8 Å². The molecule has 3 aromatic rings. The highest BCUT2D eigenvalue weighted by molar-refractivity contribution is 5.90. The highest BCUT2D eigenvalue weighted by atomic mass is 16.5. The molecule has 3 rings (SSSR count). The van der Waals surface area contributed by atoms with E-state index in [-0.39, 0.29) is 0 Å². The molecule has 1 N–H and O–H groups in total. The Morgan fingerprint density at radius 1 is 1.18 bits per heavy atom. The summed E-state index contributed by atoms with van der Waals surface area (Å²) in [4.78, 5) is 7.75. The molecular formula is C22H23N3O3. The fraction of sp³-hybridized carbons (Fsp3) is 0.273. The van der Waals surface area contributed by atoms with Crippen molar-refractivity contribution in [3.05, 3.63) is 47.3 Å². The van der Waals surface area contributed by atoms with Crippen LogP contribution in [0.3, 0.4) is 0 Å². The molecule has 6 heteroatoms.